The molecular weight excluding hydrogens is 451 g/mol. The monoisotopic (exact) mass is 474 g/mol. The largest absolute Gasteiger partial charge is 0.497 e. The highest BCUT2D eigenvalue weighted by atomic mass is 32.1. The molecule has 0 radical (unpaired) electrons. The van der Waals surface area contributed by atoms with E-state index in [-0.39, 0.29) is 17.9 Å². The fourth-order valence-electron chi connectivity index (χ4n) is 4.40. The van der Waals surface area contributed by atoms with Crippen molar-refractivity contribution in [3.05, 3.63) is 102 Å². The van der Waals surface area contributed by atoms with Crippen LogP contribution in [0.4, 0.5) is 10.1 Å². The summed E-state index contributed by atoms with van der Waals surface area (Å²) in [6.07, 6.45) is 3.60. The number of nitrogens with zero attached hydrogens (tertiary/aromatic N) is 3. The third-order valence-electron chi connectivity index (χ3n) is 5.94. The number of ether oxygens (including phenoxy) is 2. The molecule has 0 unspecified atom stereocenters. The van der Waals surface area contributed by atoms with Crippen LogP contribution in [0, 0.1) is 5.82 Å². The van der Waals surface area contributed by atoms with E-state index in [1.807, 2.05) is 70.3 Å². The van der Waals surface area contributed by atoms with E-state index < -0.39 is 0 Å². The second-order valence-electron chi connectivity index (χ2n) is 7.79. The van der Waals surface area contributed by atoms with E-state index in [0.29, 0.717) is 22.3 Å². The number of hydrogen-bond donors (Lipinski definition) is 1. The van der Waals surface area contributed by atoms with Crippen LogP contribution in [0.15, 0.2) is 85.2 Å². The van der Waals surface area contributed by atoms with E-state index in [4.69, 9.17) is 21.7 Å². The second-order valence-corrected chi connectivity index (χ2v) is 8.18. The maximum atomic E-state index is 14.8. The van der Waals surface area contributed by atoms with Crippen molar-refractivity contribution in [1.82, 2.24) is 14.9 Å². The number of anilines is 1. The average Bonchev–Trinajstić information content (AvgIpc) is 3.48. The SMILES string of the molecule is COc1ccc(OC)c(N2C(=S)N[C@@H](c3ccccn3)[C@@H]2c2cccn2-c2ccccc2F)c1. The molecule has 0 amide bonds. The molecule has 1 saturated heterocycles. The van der Waals surface area contributed by atoms with Gasteiger partial charge in [0.05, 0.1) is 37.3 Å². The molecule has 0 aliphatic carbocycles. The predicted molar refractivity (Wildman–Crippen MR) is 133 cm³/mol. The summed E-state index contributed by atoms with van der Waals surface area (Å²) in [4.78, 5) is 6.58. The standard InChI is InChI=1S/C26H23FN4O2S/c1-32-17-12-13-23(33-2)22(16-17)31-25(24(29-26(31)34)19-9-5-6-14-28-19)21-11-7-15-30(21)20-10-4-3-8-18(20)27/h3-16,24-25H,1-2H3,(H,29,34)/t24-,25-/m0/s1. The van der Waals surface area contributed by atoms with Gasteiger partial charge in [-0.1, -0.05) is 18.2 Å². The molecular formula is C26H23FN4O2S. The fourth-order valence-corrected chi connectivity index (χ4v) is 4.74. The molecule has 3 heterocycles. The van der Waals surface area contributed by atoms with Gasteiger partial charge in [0.2, 0.25) is 0 Å². The van der Waals surface area contributed by atoms with Crippen molar-refractivity contribution in [3.63, 3.8) is 0 Å². The van der Waals surface area contributed by atoms with Crippen molar-refractivity contribution >= 4 is 23.0 Å². The van der Waals surface area contributed by atoms with Gasteiger partial charge in [-0.15, -0.1) is 0 Å². The molecule has 2 atom stereocenters. The van der Waals surface area contributed by atoms with E-state index >= 15 is 0 Å². The Labute approximate surface area is 202 Å². The van der Waals surface area contributed by atoms with Crippen LogP contribution >= 0.6 is 12.2 Å². The van der Waals surface area contributed by atoms with E-state index in [0.717, 1.165) is 17.1 Å². The number of rotatable bonds is 6. The minimum atomic E-state index is -0.349. The lowest BCUT2D eigenvalue weighted by Gasteiger charge is -2.30. The summed E-state index contributed by atoms with van der Waals surface area (Å²) in [6, 6.07) is 21.3. The van der Waals surface area contributed by atoms with Gasteiger partial charge in [0.15, 0.2) is 5.11 Å². The molecule has 2 aromatic carbocycles. The van der Waals surface area contributed by atoms with Crippen LogP contribution in [0.25, 0.3) is 5.69 Å². The lowest BCUT2D eigenvalue weighted by Crippen LogP contribution is -2.30. The maximum absolute atomic E-state index is 14.8. The van der Waals surface area contributed by atoms with Gasteiger partial charge in [0.25, 0.3) is 0 Å². The minimum absolute atomic E-state index is 0.287. The Kier molecular flexibility index (Phi) is 5.90. The van der Waals surface area contributed by atoms with Crippen LogP contribution < -0.4 is 19.7 Å². The Morgan fingerprint density at radius 3 is 2.50 bits per heavy atom. The average molecular weight is 475 g/mol. The molecule has 2 aromatic heterocycles. The zero-order valence-electron chi connectivity index (χ0n) is 18.7. The number of nitrogens with one attached hydrogen (secondary N) is 1. The van der Waals surface area contributed by atoms with Gasteiger partial charge in [-0.3, -0.25) is 4.98 Å². The van der Waals surface area contributed by atoms with Crippen LogP contribution in [0.1, 0.15) is 23.5 Å². The van der Waals surface area contributed by atoms with Crippen LogP contribution in [0.5, 0.6) is 11.5 Å². The first-order chi connectivity index (χ1) is 16.6. The summed E-state index contributed by atoms with van der Waals surface area (Å²) in [5.41, 5.74) is 2.86. The van der Waals surface area contributed by atoms with Gasteiger partial charge in [-0.2, -0.15) is 0 Å². The van der Waals surface area contributed by atoms with Gasteiger partial charge in [-0.25, -0.2) is 4.39 Å². The third kappa shape index (κ3) is 3.76. The molecule has 172 valence electrons. The molecule has 4 aromatic rings. The molecule has 0 saturated carbocycles. The Morgan fingerprint density at radius 2 is 1.76 bits per heavy atom. The lowest BCUT2D eigenvalue weighted by molar-refractivity contribution is 0.402. The number of aromatic nitrogens is 2. The number of para-hydroxylation sites is 1. The number of halogens is 1. The molecule has 1 fully saturated rings. The van der Waals surface area contributed by atoms with E-state index in [1.54, 1.807) is 32.5 Å². The zero-order chi connectivity index (χ0) is 23.7. The van der Waals surface area contributed by atoms with Crippen molar-refractivity contribution < 1.29 is 13.9 Å². The van der Waals surface area contributed by atoms with E-state index in [1.165, 1.54) is 6.07 Å². The fraction of sp³-hybridized carbons (Fsp3) is 0.154. The molecule has 1 N–H and O–H groups in total. The first-order valence-electron chi connectivity index (χ1n) is 10.8. The number of thiocarbonyl (C=S) groups is 1. The summed E-state index contributed by atoms with van der Waals surface area (Å²) in [5.74, 6) is 0.997. The number of pyridine rings is 1. The van der Waals surface area contributed by atoms with Crippen molar-refractivity contribution in [2.45, 2.75) is 12.1 Å². The maximum Gasteiger partial charge on any atom is 0.174 e. The highest BCUT2D eigenvalue weighted by Gasteiger charge is 2.43. The number of hydrogen-bond acceptors (Lipinski definition) is 4. The smallest absolute Gasteiger partial charge is 0.174 e. The van der Waals surface area contributed by atoms with Gasteiger partial charge in [0, 0.05) is 24.2 Å². The molecule has 1 aliphatic heterocycles. The number of benzene rings is 2. The Balaban J connectivity index is 1.72. The molecule has 0 bridgehead atoms. The Morgan fingerprint density at radius 1 is 0.941 bits per heavy atom. The van der Waals surface area contributed by atoms with E-state index in [9.17, 15) is 4.39 Å². The first-order valence-corrected chi connectivity index (χ1v) is 11.2. The molecule has 1 aliphatic rings. The topological polar surface area (TPSA) is 51.6 Å². The predicted octanol–water partition coefficient (Wildman–Crippen LogP) is 5.21. The minimum Gasteiger partial charge on any atom is -0.497 e. The van der Waals surface area contributed by atoms with Crippen LogP contribution in [-0.4, -0.2) is 28.9 Å². The van der Waals surface area contributed by atoms with Gasteiger partial charge in [-0.05, 0) is 60.7 Å². The van der Waals surface area contributed by atoms with Crippen molar-refractivity contribution in [1.29, 1.82) is 0 Å². The van der Waals surface area contributed by atoms with Crippen molar-refractivity contribution in [3.8, 4) is 17.2 Å². The lowest BCUT2D eigenvalue weighted by atomic mass is 10.0. The Hall–Kier alpha value is -3.91. The normalized spacial score (nSPS) is 17.5. The molecule has 5 rings (SSSR count). The summed E-state index contributed by atoms with van der Waals surface area (Å²) < 4.78 is 27.8. The highest BCUT2D eigenvalue weighted by molar-refractivity contribution is 7.80. The first kappa shape index (κ1) is 21.9. The zero-order valence-corrected chi connectivity index (χ0v) is 19.5. The van der Waals surface area contributed by atoms with Crippen molar-refractivity contribution in [2.75, 3.05) is 19.1 Å². The molecule has 34 heavy (non-hydrogen) atoms. The van der Waals surface area contributed by atoms with Crippen molar-refractivity contribution in [2.24, 2.45) is 0 Å². The summed E-state index contributed by atoms with van der Waals surface area (Å²) in [7, 11) is 3.23. The van der Waals surface area contributed by atoms with Crippen LogP contribution in [0.2, 0.25) is 0 Å². The Bertz CT molecular complexity index is 1330. The summed E-state index contributed by atoms with van der Waals surface area (Å²) in [5, 5.41) is 3.94. The van der Waals surface area contributed by atoms with Crippen LogP contribution in [-0.2, 0) is 0 Å². The second kappa shape index (κ2) is 9.15. The quantitative estimate of drug-likeness (QED) is 0.388. The number of methoxy groups -OCH3 is 2. The van der Waals surface area contributed by atoms with E-state index in [2.05, 4.69) is 10.3 Å². The highest BCUT2D eigenvalue weighted by Crippen LogP contribution is 2.46. The van der Waals surface area contributed by atoms with Crippen LogP contribution in [0.3, 0.4) is 0 Å². The summed E-state index contributed by atoms with van der Waals surface area (Å²) >= 11 is 5.83. The molecule has 0 spiro atoms. The summed E-state index contributed by atoms with van der Waals surface area (Å²) in [6.45, 7) is 0. The third-order valence-corrected chi connectivity index (χ3v) is 6.25. The van der Waals surface area contributed by atoms with Gasteiger partial charge < -0.3 is 24.3 Å². The molecule has 6 nitrogen and oxygen atoms in total. The molecule has 8 heteroatoms. The van der Waals surface area contributed by atoms with Gasteiger partial charge >= 0.3 is 0 Å². The van der Waals surface area contributed by atoms with Gasteiger partial charge in [0.1, 0.15) is 23.4 Å².